The minimum Gasteiger partial charge on any atom is -0.317 e. The van der Waals surface area contributed by atoms with Crippen LogP contribution in [-0.4, -0.2) is 28.2 Å². The Labute approximate surface area is 124 Å². The first kappa shape index (κ1) is 16.4. The van der Waals surface area contributed by atoms with Crippen LogP contribution in [0.1, 0.15) is 24.1 Å². The van der Waals surface area contributed by atoms with Gasteiger partial charge in [-0.1, -0.05) is 6.92 Å². The van der Waals surface area contributed by atoms with E-state index in [1.165, 1.54) is 0 Å². The van der Waals surface area contributed by atoms with E-state index in [4.69, 9.17) is 0 Å². The smallest absolute Gasteiger partial charge is 0.317 e. The van der Waals surface area contributed by atoms with Crippen molar-refractivity contribution in [2.75, 3.05) is 0 Å². The van der Waals surface area contributed by atoms with Crippen LogP contribution in [0.5, 0.6) is 0 Å². The van der Waals surface area contributed by atoms with Gasteiger partial charge in [0.1, 0.15) is 17.4 Å². The lowest BCUT2D eigenvalue weighted by Gasteiger charge is -2.07. The molecule has 0 bridgehead atoms. The van der Waals surface area contributed by atoms with E-state index in [-0.39, 0.29) is 5.82 Å². The summed E-state index contributed by atoms with van der Waals surface area (Å²) in [5, 5.41) is 7.19. The lowest BCUT2D eigenvalue weighted by Crippen LogP contribution is -2.13. The Morgan fingerprint density at radius 3 is 2.27 bits per heavy atom. The zero-order valence-corrected chi connectivity index (χ0v) is 12.6. The number of alkyl halides is 3. The van der Waals surface area contributed by atoms with E-state index in [0.29, 0.717) is 24.5 Å². The Morgan fingerprint density at radius 2 is 1.82 bits per heavy atom. The van der Waals surface area contributed by atoms with Crippen molar-refractivity contribution in [1.82, 2.24) is 19.7 Å². The van der Waals surface area contributed by atoms with Crippen molar-refractivity contribution in [3.05, 3.63) is 35.5 Å². The van der Waals surface area contributed by atoms with Crippen molar-refractivity contribution in [3.63, 3.8) is 0 Å². The van der Waals surface area contributed by atoms with Gasteiger partial charge in [0.25, 0.3) is 0 Å². The van der Waals surface area contributed by atoms with E-state index >= 15 is 0 Å². The molecular weight excluding hydrogens is 321 g/mol. The van der Waals surface area contributed by atoms with Gasteiger partial charge >= 0.3 is 6.18 Å². The Hall–Kier alpha value is -1.97. The monoisotopic (exact) mass is 334 g/mol. The molecular formula is C12H13F3N4O2S. The first-order chi connectivity index (χ1) is 10.1. The quantitative estimate of drug-likeness (QED) is 0.851. The minimum atomic E-state index is -4.56. The maximum Gasteiger partial charge on any atom is 0.417 e. The SMILES string of the molecule is CCc1nnc(CS(=O)(=O)c2ccc(C(F)(F)F)cn2)n1C. The highest BCUT2D eigenvalue weighted by atomic mass is 32.2. The van der Waals surface area contributed by atoms with Crippen LogP contribution in [0.2, 0.25) is 0 Å². The van der Waals surface area contributed by atoms with Gasteiger partial charge in [-0.2, -0.15) is 13.2 Å². The molecule has 0 saturated heterocycles. The number of halogens is 3. The van der Waals surface area contributed by atoms with Crippen molar-refractivity contribution in [1.29, 1.82) is 0 Å². The molecule has 0 aliphatic heterocycles. The fourth-order valence-corrected chi connectivity index (χ4v) is 3.04. The minimum absolute atomic E-state index is 0.207. The fraction of sp³-hybridized carbons (Fsp3) is 0.417. The van der Waals surface area contributed by atoms with Crippen molar-refractivity contribution >= 4 is 9.84 Å². The second-order valence-electron chi connectivity index (χ2n) is 4.59. The largest absolute Gasteiger partial charge is 0.417 e. The molecule has 0 saturated carbocycles. The molecule has 2 aromatic rings. The van der Waals surface area contributed by atoms with Crippen LogP contribution in [0.3, 0.4) is 0 Å². The van der Waals surface area contributed by atoms with E-state index in [1.54, 1.807) is 11.6 Å². The van der Waals surface area contributed by atoms with Crippen LogP contribution in [0.25, 0.3) is 0 Å². The molecule has 0 radical (unpaired) electrons. The number of aryl methyl sites for hydroxylation is 1. The first-order valence-corrected chi connectivity index (χ1v) is 7.93. The van der Waals surface area contributed by atoms with Crippen LogP contribution in [-0.2, 0) is 35.2 Å². The van der Waals surface area contributed by atoms with E-state index in [0.717, 1.165) is 6.07 Å². The van der Waals surface area contributed by atoms with Gasteiger partial charge < -0.3 is 4.57 Å². The predicted octanol–water partition coefficient (Wildman–Crippen LogP) is 1.77. The Kier molecular flexibility index (Phi) is 4.23. The number of hydrogen-bond acceptors (Lipinski definition) is 5. The molecule has 0 spiro atoms. The van der Waals surface area contributed by atoms with E-state index in [2.05, 4.69) is 15.2 Å². The molecule has 0 aliphatic carbocycles. The molecule has 120 valence electrons. The molecule has 0 N–H and O–H groups in total. The van der Waals surface area contributed by atoms with Crippen molar-refractivity contribution < 1.29 is 21.6 Å². The number of aromatic nitrogens is 4. The molecule has 0 aromatic carbocycles. The summed E-state index contributed by atoms with van der Waals surface area (Å²) in [5.74, 6) is 0.346. The van der Waals surface area contributed by atoms with E-state index in [9.17, 15) is 21.6 Å². The third kappa shape index (κ3) is 3.26. The van der Waals surface area contributed by atoms with E-state index in [1.807, 2.05) is 6.92 Å². The molecule has 0 fully saturated rings. The third-order valence-corrected chi connectivity index (χ3v) is 4.59. The zero-order chi connectivity index (χ0) is 16.5. The summed E-state index contributed by atoms with van der Waals surface area (Å²) in [6, 6.07) is 1.53. The number of hydrogen-bond donors (Lipinski definition) is 0. The van der Waals surface area contributed by atoms with Gasteiger partial charge in [-0.05, 0) is 12.1 Å². The lowest BCUT2D eigenvalue weighted by molar-refractivity contribution is -0.137. The van der Waals surface area contributed by atoms with Gasteiger partial charge in [-0.3, -0.25) is 0 Å². The molecule has 0 unspecified atom stereocenters. The Balaban J connectivity index is 2.28. The average Bonchev–Trinajstić information content (AvgIpc) is 2.78. The normalized spacial score (nSPS) is 12.6. The molecule has 6 nitrogen and oxygen atoms in total. The van der Waals surface area contributed by atoms with Gasteiger partial charge in [-0.15, -0.1) is 10.2 Å². The summed E-state index contributed by atoms with van der Waals surface area (Å²) in [4.78, 5) is 3.40. The predicted molar refractivity (Wildman–Crippen MR) is 70.5 cm³/mol. The lowest BCUT2D eigenvalue weighted by atomic mass is 10.3. The second-order valence-corrected chi connectivity index (χ2v) is 6.52. The van der Waals surface area contributed by atoms with Crippen LogP contribution in [0.4, 0.5) is 13.2 Å². The number of sulfone groups is 1. The summed E-state index contributed by atoms with van der Waals surface area (Å²) < 4.78 is 63.3. The highest BCUT2D eigenvalue weighted by Crippen LogP contribution is 2.29. The van der Waals surface area contributed by atoms with Crippen LogP contribution >= 0.6 is 0 Å². The standard InChI is InChI=1S/C12H13F3N4O2S/c1-3-9-17-18-10(19(9)2)7-22(20,21)11-5-4-8(6-16-11)12(13,14)15/h4-6H,3,7H2,1-2H3. The Bertz CT molecular complexity index is 767. The highest BCUT2D eigenvalue weighted by molar-refractivity contribution is 7.90. The summed E-state index contributed by atoms with van der Waals surface area (Å²) in [6.45, 7) is 1.85. The fourth-order valence-electron chi connectivity index (χ4n) is 1.81. The molecule has 2 aromatic heterocycles. The topological polar surface area (TPSA) is 77.7 Å². The molecule has 0 amide bonds. The summed E-state index contributed by atoms with van der Waals surface area (Å²) in [6.07, 6.45) is -3.47. The van der Waals surface area contributed by atoms with Gasteiger partial charge in [0, 0.05) is 19.7 Å². The second kappa shape index (κ2) is 5.67. The maximum absolute atomic E-state index is 12.4. The van der Waals surface area contributed by atoms with Crippen molar-refractivity contribution in [3.8, 4) is 0 Å². The summed E-state index contributed by atoms with van der Waals surface area (Å²) in [5.41, 5.74) is -1.00. The maximum atomic E-state index is 12.4. The highest BCUT2D eigenvalue weighted by Gasteiger charge is 2.31. The van der Waals surface area contributed by atoms with Gasteiger partial charge in [0.2, 0.25) is 9.84 Å². The molecule has 22 heavy (non-hydrogen) atoms. The third-order valence-electron chi connectivity index (χ3n) is 3.07. The van der Waals surface area contributed by atoms with Crippen molar-refractivity contribution in [2.24, 2.45) is 7.05 Å². The van der Waals surface area contributed by atoms with Gasteiger partial charge in [0.15, 0.2) is 5.03 Å². The van der Waals surface area contributed by atoms with Crippen LogP contribution in [0, 0.1) is 0 Å². The summed E-state index contributed by atoms with van der Waals surface area (Å²) in [7, 11) is -2.27. The van der Waals surface area contributed by atoms with Crippen molar-refractivity contribution in [2.45, 2.75) is 30.3 Å². The molecule has 0 atom stereocenters. The van der Waals surface area contributed by atoms with Crippen LogP contribution < -0.4 is 0 Å². The number of rotatable bonds is 4. The van der Waals surface area contributed by atoms with Gasteiger partial charge in [0.05, 0.1) is 5.56 Å². The first-order valence-electron chi connectivity index (χ1n) is 6.28. The molecule has 2 heterocycles. The average molecular weight is 334 g/mol. The zero-order valence-electron chi connectivity index (χ0n) is 11.8. The van der Waals surface area contributed by atoms with Crippen LogP contribution in [0.15, 0.2) is 23.4 Å². The molecule has 0 aliphatic rings. The summed E-state index contributed by atoms with van der Waals surface area (Å²) >= 11 is 0. The number of nitrogens with zero attached hydrogens (tertiary/aromatic N) is 4. The Morgan fingerprint density at radius 1 is 1.18 bits per heavy atom. The van der Waals surface area contributed by atoms with E-state index < -0.39 is 32.4 Å². The molecule has 10 heteroatoms. The molecule has 2 rings (SSSR count). The van der Waals surface area contributed by atoms with Gasteiger partial charge in [-0.25, -0.2) is 13.4 Å². The number of pyridine rings is 1.